The van der Waals surface area contributed by atoms with Crippen LogP contribution in [0.25, 0.3) is 0 Å². The summed E-state index contributed by atoms with van der Waals surface area (Å²) in [5.41, 5.74) is 0.868. The summed E-state index contributed by atoms with van der Waals surface area (Å²) in [6.07, 6.45) is 0. The number of carbonyl (C=O) groups excluding carboxylic acids is 1. The minimum atomic E-state index is -0.444. The lowest BCUT2D eigenvalue weighted by molar-refractivity contribution is 0.102. The van der Waals surface area contributed by atoms with Crippen molar-refractivity contribution < 1.29 is 9.18 Å². The van der Waals surface area contributed by atoms with Crippen LogP contribution >= 0.6 is 27.5 Å². The standard InChI is InChI=1S/C13H8BrClFNO/c14-9-3-1-2-8(6-9)13(18)17-12-5-4-10(16)7-11(12)15/h1-7H,(H,17,18). The molecule has 0 aliphatic heterocycles. The number of benzene rings is 2. The summed E-state index contributed by atoms with van der Waals surface area (Å²) in [5, 5.41) is 2.79. The third kappa shape index (κ3) is 3.09. The van der Waals surface area contributed by atoms with Gasteiger partial charge in [-0.15, -0.1) is 0 Å². The fourth-order valence-corrected chi connectivity index (χ4v) is 2.03. The van der Waals surface area contributed by atoms with Gasteiger partial charge in [0.15, 0.2) is 0 Å². The van der Waals surface area contributed by atoms with Crippen LogP contribution in [0.2, 0.25) is 5.02 Å². The minimum Gasteiger partial charge on any atom is -0.321 e. The van der Waals surface area contributed by atoms with Crippen molar-refractivity contribution in [1.29, 1.82) is 0 Å². The Morgan fingerprint density at radius 2 is 2.00 bits per heavy atom. The van der Waals surface area contributed by atoms with E-state index in [0.717, 1.165) is 10.5 Å². The number of anilines is 1. The number of nitrogens with one attached hydrogen (secondary N) is 1. The predicted molar refractivity (Wildman–Crippen MR) is 73.5 cm³/mol. The zero-order valence-electron chi connectivity index (χ0n) is 9.08. The molecule has 0 aromatic heterocycles. The van der Waals surface area contributed by atoms with Crippen LogP contribution in [0.15, 0.2) is 46.9 Å². The van der Waals surface area contributed by atoms with Gasteiger partial charge in [-0.3, -0.25) is 4.79 Å². The van der Waals surface area contributed by atoms with E-state index in [1.807, 2.05) is 6.07 Å². The molecule has 2 aromatic rings. The van der Waals surface area contributed by atoms with Crippen molar-refractivity contribution >= 4 is 39.1 Å². The van der Waals surface area contributed by atoms with Crippen molar-refractivity contribution in [2.45, 2.75) is 0 Å². The number of carbonyl (C=O) groups is 1. The molecule has 0 bridgehead atoms. The van der Waals surface area contributed by atoms with Crippen LogP contribution in [-0.4, -0.2) is 5.91 Å². The van der Waals surface area contributed by atoms with Crippen molar-refractivity contribution in [3.8, 4) is 0 Å². The van der Waals surface area contributed by atoms with Gasteiger partial charge in [0, 0.05) is 10.0 Å². The van der Waals surface area contributed by atoms with Crippen LogP contribution in [0, 0.1) is 5.82 Å². The predicted octanol–water partition coefficient (Wildman–Crippen LogP) is 4.49. The SMILES string of the molecule is O=C(Nc1ccc(F)cc1Cl)c1cccc(Br)c1. The zero-order chi connectivity index (χ0) is 13.1. The lowest BCUT2D eigenvalue weighted by atomic mass is 10.2. The molecule has 0 saturated carbocycles. The van der Waals surface area contributed by atoms with Crippen LogP contribution in [0.1, 0.15) is 10.4 Å². The number of hydrogen-bond donors (Lipinski definition) is 1. The fourth-order valence-electron chi connectivity index (χ4n) is 1.42. The van der Waals surface area contributed by atoms with Crippen LogP contribution < -0.4 is 5.32 Å². The molecule has 0 heterocycles. The summed E-state index contributed by atoms with van der Waals surface area (Å²) in [6.45, 7) is 0. The first-order valence-electron chi connectivity index (χ1n) is 5.08. The van der Waals surface area contributed by atoms with E-state index in [1.54, 1.807) is 18.2 Å². The van der Waals surface area contributed by atoms with Gasteiger partial charge < -0.3 is 5.32 Å². The van der Waals surface area contributed by atoms with Gasteiger partial charge in [-0.1, -0.05) is 33.6 Å². The Morgan fingerprint density at radius 1 is 1.22 bits per heavy atom. The normalized spacial score (nSPS) is 10.2. The maximum atomic E-state index is 12.9. The molecule has 0 atom stereocenters. The van der Waals surface area contributed by atoms with Crippen LogP contribution in [-0.2, 0) is 0 Å². The number of halogens is 3. The van der Waals surface area contributed by atoms with Crippen LogP contribution in [0.5, 0.6) is 0 Å². The Morgan fingerprint density at radius 3 is 2.67 bits per heavy atom. The van der Waals surface area contributed by atoms with Gasteiger partial charge >= 0.3 is 0 Å². The molecule has 92 valence electrons. The van der Waals surface area contributed by atoms with E-state index < -0.39 is 5.82 Å². The number of hydrogen-bond acceptors (Lipinski definition) is 1. The Kier molecular flexibility index (Phi) is 3.99. The number of rotatable bonds is 2. The summed E-state index contributed by atoms with van der Waals surface area (Å²) in [6, 6.07) is 10.8. The van der Waals surface area contributed by atoms with E-state index >= 15 is 0 Å². The molecule has 5 heteroatoms. The van der Waals surface area contributed by atoms with E-state index in [0.29, 0.717) is 11.3 Å². The fraction of sp³-hybridized carbons (Fsp3) is 0. The molecule has 0 aliphatic rings. The van der Waals surface area contributed by atoms with Crippen LogP contribution in [0.4, 0.5) is 10.1 Å². The highest BCUT2D eigenvalue weighted by atomic mass is 79.9. The third-order valence-electron chi connectivity index (χ3n) is 2.27. The van der Waals surface area contributed by atoms with Gasteiger partial charge in [0.05, 0.1) is 10.7 Å². The number of amides is 1. The Balaban J connectivity index is 2.21. The molecule has 0 spiro atoms. The van der Waals surface area contributed by atoms with Crippen molar-refractivity contribution in [3.05, 3.63) is 63.3 Å². The van der Waals surface area contributed by atoms with E-state index in [-0.39, 0.29) is 10.9 Å². The van der Waals surface area contributed by atoms with Crippen molar-refractivity contribution in [2.75, 3.05) is 5.32 Å². The smallest absolute Gasteiger partial charge is 0.255 e. The molecule has 2 nitrogen and oxygen atoms in total. The molecule has 0 unspecified atom stereocenters. The molecule has 0 fully saturated rings. The summed E-state index contributed by atoms with van der Waals surface area (Å²) in [4.78, 5) is 11.9. The quantitative estimate of drug-likeness (QED) is 0.864. The van der Waals surface area contributed by atoms with Gasteiger partial charge in [-0.25, -0.2) is 4.39 Å². The highest BCUT2D eigenvalue weighted by molar-refractivity contribution is 9.10. The maximum absolute atomic E-state index is 12.9. The first kappa shape index (κ1) is 13.1. The second kappa shape index (κ2) is 5.50. The highest BCUT2D eigenvalue weighted by Gasteiger charge is 2.09. The molecule has 2 aromatic carbocycles. The lowest BCUT2D eigenvalue weighted by Gasteiger charge is -2.07. The molecule has 2 rings (SSSR count). The van der Waals surface area contributed by atoms with Crippen molar-refractivity contribution in [1.82, 2.24) is 0 Å². The Hall–Kier alpha value is -1.39. The van der Waals surface area contributed by atoms with Crippen molar-refractivity contribution in [2.24, 2.45) is 0 Å². The van der Waals surface area contributed by atoms with Gasteiger partial charge in [-0.2, -0.15) is 0 Å². The van der Waals surface area contributed by atoms with E-state index in [2.05, 4.69) is 21.2 Å². The molecule has 18 heavy (non-hydrogen) atoms. The first-order valence-corrected chi connectivity index (χ1v) is 6.25. The second-order valence-corrected chi connectivity index (χ2v) is 4.91. The van der Waals surface area contributed by atoms with Gasteiger partial charge in [-0.05, 0) is 36.4 Å². The maximum Gasteiger partial charge on any atom is 0.255 e. The second-order valence-electron chi connectivity index (χ2n) is 3.59. The largest absolute Gasteiger partial charge is 0.321 e. The average Bonchev–Trinajstić information content (AvgIpc) is 2.32. The molecule has 0 saturated heterocycles. The zero-order valence-corrected chi connectivity index (χ0v) is 11.4. The average molecular weight is 329 g/mol. The Bertz CT molecular complexity index is 603. The highest BCUT2D eigenvalue weighted by Crippen LogP contribution is 2.23. The minimum absolute atomic E-state index is 0.165. The van der Waals surface area contributed by atoms with E-state index in [4.69, 9.17) is 11.6 Å². The molecule has 0 radical (unpaired) electrons. The third-order valence-corrected chi connectivity index (χ3v) is 3.07. The molecule has 1 N–H and O–H groups in total. The van der Waals surface area contributed by atoms with E-state index in [1.165, 1.54) is 12.1 Å². The van der Waals surface area contributed by atoms with Gasteiger partial charge in [0.1, 0.15) is 5.82 Å². The Labute approximate surface area is 117 Å². The topological polar surface area (TPSA) is 29.1 Å². The van der Waals surface area contributed by atoms with Gasteiger partial charge in [0.2, 0.25) is 0 Å². The summed E-state index contributed by atoms with van der Waals surface area (Å²) in [7, 11) is 0. The first-order chi connectivity index (χ1) is 8.56. The van der Waals surface area contributed by atoms with Crippen LogP contribution in [0.3, 0.4) is 0 Å². The summed E-state index contributed by atoms with van der Waals surface area (Å²) < 4.78 is 13.7. The van der Waals surface area contributed by atoms with E-state index in [9.17, 15) is 9.18 Å². The summed E-state index contributed by atoms with van der Waals surface area (Å²) in [5.74, 6) is -0.745. The summed E-state index contributed by atoms with van der Waals surface area (Å²) >= 11 is 9.11. The molecule has 1 amide bonds. The monoisotopic (exact) mass is 327 g/mol. The molecular weight excluding hydrogens is 321 g/mol. The molecular formula is C13H8BrClFNO. The van der Waals surface area contributed by atoms with Gasteiger partial charge in [0.25, 0.3) is 5.91 Å². The molecule has 0 aliphatic carbocycles. The van der Waals surface area contributed by atoms with Crippen molar-refractivity contribution in [3.63, 3.8) is 0 Å². The lowest BCUT2D eigenvalue weighted by Crippen LogP contribution is -2.12.